The van der Waals surface area contributed by atoms with Crippen LogP contribution in [-0.2, 0) is 6.42 Å². The fraction of sp³-hybridized carbons (Fsp3) is 0.500. The summed E-state index contributed by atoms with van der Waals surface area (Å²) in [6.45, 7) is 4.21. The summed E-state index contributed by atoms with van der Waals surface area (Å²) in [5.74, 6) is 1.49. The molecule has 1 N–H and O–H groups in total. The van der Waals surface area contributed by atoms with Gasteiger partial charge in [-0.1, -0.05) is 5.16 Å². The minimum Gasteiger partial charge on any atom is -0.493 e. The van der Waals surface area contributed by atoms with Gasteiger partial charge in [0, 0.05) is 26.1 Å². The zero-order valence-electron chi connectivity index (χ0n) is 14.8. The predicted molar refractivity (Wildman–Crippen MR) is 92.5 cm³/mol. The van der Waals surface area contributed by atoms with Crippen molar-refractivity contribution in [1.82, 2.24) is 20.4 Å². The van der Waals surface area contributed by atoms with Gasteiger partial charge in [-0.05, 0) is 44.0 Å². The highest BCUT2D eigenvalue weighted by Gasteiger charge is 2.28. The van der Waals surface area contributed by atoms with E-state index in [0.29, 0.717) is 43.6 Å². The minimum atomic E-state index is -0.297. The number of aromatic nitrogens is 2. The van der Waals surface area contributed by atoms with E-state index in [9.17, 15) is 9.18 Å². The van der Waals surface area contributed by atoms with E-state index in [1.54, 1.807) is 17.0 Å². The van der Waals surface area contributed by atoms with Crippen molar-refractivity contribution in [2.75, 3.05) is 26.2 Å². The maximum absolute atomic E-state index is 12.9. The zero-order valence-corrected chi connectivity index (χ0v) is 14.8. The van der Waals surface area contributed by atoms with Crippen LogP contribution in [-0.4, -0.2) is 47.3 Å². The summed E-state index contributed by atoms with van der Waals surface area (Å²) in [6, 6.07) is 5.81. The van der Waals surface area contributed by atoms with Crippen LogP contribution in [0.25, 0.3) is 0 Å². The van der Waals surface area contributed by atoms with E-state index in [1.165, 1.54) is 12.1 Å². The van der Waals surface area contributed by atoms with Gasteiger partial charge in [0.05, 0.1) is 12.5 Å². The third kappa shape index (κ3) is 4.71. The van der Waals surface area contributed by atoms with Gasteiger partial charge >= 0.3 is 6.03 Å². The Hall–Kier alpha value is -2.64. The number of ether oxygens (including phenoxy) is 1. The van der Waals surface area contributed by atoms with Crippen LogP contribution < -0.4 is 10.1 Å². The van der Waals surface area contributed by atoms with E-state index >= 15 is 0 Å². The summed E-state index contributed by atoms with van der Waals surface area (Å²) in [4.78, 5) is 18.2. The maximum atomic E-state index is 12.9. The van der Waals surface area contributed by atoms with E-state index in [-0.39, 0.29) is 17.8 Å². The summed E-state index contributed by atoms with van der Waals surface area (Å²) in [7, 11) is 0. The standard InChI is InChI=1S/C18H23FN4O3/c1-2-20-18(24)23-10-3-4-13(12-23)17-21-16(22-26-17)9-11-25-15-7-5-14(19)6-8-15/h5-8,13H,2-4,9-12H2,1H3,(H,20,24). The second-order valence-corrected chi connectivity index (χ2v) is 6.22. The van der Waals surface area contributed by atoms with E-state index < -0.39 is 0 Å². The fourth-order valence-electron chi connectivity index (χ4n) is 2.95. The lowest BCUT2D eigenvalue weighted by Crippen LogP contribution is -2.44. The number of piperidine rings is 1. The monoisotopic (exact) mass is 362 g/mol. The van der Waals surface area contributed by atoms with Crippen molar-refractivity contribution >= 4 is 6.03 Å². The van der Waals surface area contributed by atoms with Gasteiger partial charge < -0.3 is 19.5 Å². The normalized spacial score (nSPS) is 17.2. The molecule has 0 saturated carbocycles. The van der Waals surface area contributed by atoms with Crippen LogP contribution in [0.15, 0.2) is 28.8 Å². The van der Waals surface area contributed by atoms with Gasteiger partial charge in [-0.15, -0.1) is 0 Å². The number of urea groups is 1. The topological polar surface area (TPSA) is 80.5 Å². The molecule has 1 aromatic carbocycles. The number of benzene rings is 1. The van der Waals surface area contributed by atoms with Crippen LogP contribution in [0.1, 0.15) is 37.4 Å². The Morgan fingerprint density at radius 1 is 1.42 bits per heavy atom. The number of nitrogens with zero attached hydrogens (tertiary/aromatic N) is 3. The van der Waals surface area contributed by atoms with Gasteiger partial charge in [0.15, 0.2) is 5.82 Å². The number of amides is 2. The van der Waals surface area contributed by atoms with E-state index in [4.69, 9.17) is 9.26 Å². The third-order valence-electron chi connectivity index (χ3n) is 4.28. The Kier molecular flexibility index (Phi) is 6.04. The summed E-state index contributed by atoms with van der Waals surface area (Å²) >= 11 is 0. The van der Waals surface area contributed by atoms with Crippen LogP contribution in [0.2, 0.25) is 0 Å². The van der Waals surface area contributed by atoms with Gasteiger partial charge in [0.1, 0.15) is 11.6 Å². The van der Waals surface area contributed by atoms with Crippen LogP contribution in [0.3, 0.4) is 0 Å². The molecule has 2 heterocycles. The van der Waals surface area contributed by atoms with Gasteiger partial charge in [-0.25, -0.2) is 9.18 Å². The molecule has 0 spiro atoms. The summed E-state index contributed by atoms with van der Waals surface area (Å²) in [5, 5.41) is 6.82. The highest BCUT2D eigenvalue weighted by Crippen LogP contribution is 2.25. The number of rotatable bonds is 6. The second-order valence-electron chi connectivity index (χ2n) is 6.22. The quantitative estimate of drug-likeness (QED) is 0.855. The molecule has 8 heteroatoms. The molecule has 26 heavy (non-hydrogen) atoms. The molecule has 2 aromatic rings. The number of hydrogen-bond acceptors (Lipinski definition) is 5. The molecule has 0 bridgehead atoms. The first-order valence-electron chi connectivity index (χ1n) is 8.89. The molecule has 3 rings (SSSR count). The Morgan fingerprint density at radius 2 is 2.23 bits per heavy atom. The van der Waals surface area contributed by atoms with E-state index in [0.717, 1.165) is 19.4 Å². The molecule has 1 aliphatic rings. The van der Waals surface area contributed by atoms with Crippen LogP contribution in [0.5, 0.6) is 5.75 Å². The van der Waals surface area contributed by atoms with Gasteiger partial charge in [0.2, 0.25) is 5.89 Å². The molecule has 0 radical (unpaired) electrons. The molecular weight excluding hydrogens is 339 g/mol. The first-order valence-corrected chi connectivity index (χ1v) is 8.89. The molecule has 1 aliphatic heterocycles. The molecule has 1 saturated heterocycles. The number of likely N-dealkylation sites (tertiary alicyclic amines) is 1. The number of hydrogen-bond donors (Lipinski definition) is 1. The lowest BCUT2D eigenvalue weighted by atomic mass is 9.98. The molecule has 1 fully saturated rings. The Bertz CT molecular complexity index is 719. The number of carbonyl (C=O) groups excluding carboxylic acids is 1. The molecule has 2 amide bonds. The first-order chi connectivity index (χ1) is 12.7. The predicted octanol–water partition coefficient (Wildman–Crippen LogP) is 2.74. The fourth-order valence-corrected chi connectivity index (χ4v) is 2.95. The average Bonchev–Trinajstić information content (AvgIpc) is 3.13. The van der Waals surface area contributed by atoms with Gasteiger partial charge in [0.25, 0.3) is 0 Å². The van der Waals surface area contributed by atoms with Crippen molar-refractivity contribution < 1.29 is 18.4 Å². The molecular formula is C18H23FN4O3. The van der Waals surface area contributed by atoms with Crippen molar-refractivity contribution in [3.8, 4) is 5.75 Å². The Labute approximate surface area is 151 Å². The van der Waals surface area contributed by atoms with E-state index in [1.807, 2.05) is 6.92 Å². The molecule has 1 atom stereocenters. The molecule has 1 aromatic heterocycles. The van der Waals surface area contributed by atoms with Crippen LogP contribution >= 0.6 is 0 Å². The largest absolute Gasteiger partial charge is 0.493 e. The van der Waals surface area contributed by atoms with Crippen LogP contribution in [0.4, 0.5) is 9.18 Å². The third-order valence-corrected chi connectivity index (χ3v) is 4.28. The molecule has 0 aliphatic carbocycles. The highest BCUT2D eigenvalue weighted by molar-refractivity contribution is 5.74. The number of nitrogens with one attached hydrogen (secondary N) is 1. The average molecular weight is 362 g/mol. The molecule has 140 valence electrons. The van der Waals surface area contributed by atoms with Gasteiger partial charge in [-0.3, -0.25) is 0 Å². The van der Waals surface area contributed by atoms with E-state index in [2.05, 4.69) is 15.5 Å². The Balaban J connectivity index is 1.50. The summed E-state index contributed by atoms with van der Waals surface area (Å²) in [5.41, 5.74) is 0. The van der Waals surface area contributed by atoms with Crippen molar-refractivity contribution in [3.63, 3.8) is 0 Å². The minimum absolute atomic E-state index is 0.0513. The summed E-state index contributed by atoms with van der Waals surface area (Å²) in [6.07, 6.45) is 2.32. The van der Waals surface area contributed by atoms with Crippen molar-refractivity contribution in [1.29, 1.82) is 0 Å². The smallest absolute Gasteiger partial charge is 0.317 e. The second kappa shape index (κ2) is 8.64. The number of carbonyl (C=O) groups is 1. The lowest BCUT2D eigenvalue weighted by Gasteiger charge is -2.30. The summed E-state index contributed by atoms with van der Waals surface area (Å²) < 4.78 is 23.8. The van der Waals surface area contributed by atoms with Crippen molar-refractivity contribution in [2.24, 2.45) is 0 Å². The van der Waals surface area contributed by atoms with Crippen molar-refractivity contribution in [2.45, 2.75) is 32.1 Å². The van der Waals surface area contributed by atoms with Gasteiger partial charge in [-0.2, -0.15) is 4.98 Å². The Morgan fingerprint density at radius 3 is 3.00 bits per heavy atom. The van der Waals surface area contributed by atoms with Crippen molar-refractivity contribution in [3.05, 3.63) is 41.8 Å². The first kappa shape index (κ1) is 18.2. The molecule has 1 unspecified atom stereocenters. The number of halogens is 1. The SMILES string of the molecule is CCNC(=O)N1CCCC(c2nc(CCOc3ccc(F)cc3)no2)C1. The van der Waals surface area contributed by atoms with Crippen LogP contribution in [0, 0.1) is 5.82 Å². The maximum Gasteiger partial charge on any atom is 0.317 e. The zero-order chi connectivity index (χ0) is 18.4. The highest BCUT2D eigenvalue weighted by atomic mass is 19.1. The molecule has 7 nitrogen and oxygen atoms in total. The lowest BCUT2D eigenvalue weighted by molar-refractivity contribution is 0.172.